The predicted molar refractivity (Wildman–Crippen MR) is 102 cm³/mol. The molecule has 0 radical (unpaired) electrons. The Morgan fingerprint density at radius 3 is 2.24 bits per heavy atom. The number of rotatable bonds is 5. The number of amides is 1. The first kappa shape index (κ1) is 24.0. The van der Waals surface area contributed by atoms with Gasteiger partial charge in [0.05, 0.1) is 17.2 Å². The predicted octanol–water partition coefficient (Wildman–Crippen LogP) is 4.48. The smallest absolute Gasteiger partial charge is 0.339 e. The Morgan fingerprint density at radius 2 is 1.67 bits per heavy atom. The number of hydrogen-bond donors (Lipinski definition) is 1. The summed E-state index contributed by atoms with van der Waals surface area (Å²) in [4.78, 5) is 28.2. The van der Waals surface area contributed by atoms with Crippen molar-refractivity contribution >= 4 is 5.91 Å². The Morgan fingerprint density at radius 1 is 1.00 bits per heavy atom. The molecule has 1 N–H and O–H groups in total. The van der Waals surface area contributed by atoms with E-state index in [1.165, 1.54) is 12.3 Å². The van der Waals surface area contributed by atoms with Crippen LogP contribution in [0.15, 0.2) is 65.7 Å². The minimum Gasteiger partial charge on any atom is -0.339 e. The molecule has 3 rings (SSSR count). The number of carbonyl (C=O) groups is 1. The maximum Gasteiger partial charge on any atom is 0.416 e. The van der Waals surface area contributed by atoms with Gasteiger partial charge in [0.1, 0.15) is 18.1 Å². The Kier molecular flexibility index (Phi) is 6.56. The molecule has 12 heteroatoms. The van der Waals surface area contributed by atoms with Crippen molar-refractivity contribution in [2.75, 3.05) is 0 Å². The highest BCUT2D eigenvalue weighted by Gasteiger charge is 2.31. The number of pyridine rings is 2. The summed E-state index contributed by atoms with van der Waals surface area (Å²) in [5.41, 5.74) is -2.62. The molecule has 2 aromatic heterocycles. The fourth-order valence-corrected chi connectivity index (χ4v) is 2.98. The summed E-state index contributed by atoms with van der Waals surface area (Å²) < 4.78 is 91.3. The van der Waals surface area contributed by atoms with Gasteiger partial charge in [-0.3, -0.25) is 14.6 Å². The van der Waals surface area contributed by atoms with E-state index in [9.17, 15) is 40.3 Å². The van der Waals surface area contributed by atoms with E-state index in [1.54, 1.807) is 0 Å². The summed E-state index contributed by atoms with van der Waals surface area (Å²) in [5.74, 6) is -1.87. The van der Waals surface area contributed by atoms with Gasteiger partial charge in [0.15, 0.2) is 0 Å². The lowest BCUT2D eigenvalue weighted by Gasteiger charge is -2.20. The van der Waals surface area contributed by atoms with E-state index in [4.69, 9.17) is 0 Å². The zero-order chi connectivity index (χ0) is 24.4. The van der Waals surface area contributed by atoms with Crippen molar-refractivity contribution in [3.8, 4) is 0 Å². The summed E-state index contributed by atoms with van der Waals surface area (Å²) in [7, 11) is 0. The molecule has 0 fully saturated rings. The van der Waals surface area contributed by atoms with Crippen LogP contribution in [-0.2, 0) is 12.7 Å². The lowest BCUT2D eigenvalue weighted by molar-refractivity contribution is -0.141. The molecule has 0 saturated carbocycles. The molecule has 0 spiro atoms. The number of nitrogens with one attached hydrogen (secondary N) is 1. The quantitative estimate of drug-likeness (QED) is 0.556. The number of aromatic nitrogens is 2. The van der Waals surface area contributed by atoms with Gasteiger partial charge in [-0.05, 0) is 35.9 Å². The van der Waals surface area contributed by atoms with Crippen molar-refractivity contribution in [1.29, 1.82) is 0 Å². The lowest BCUT2D eigenvalue weighted by Crippen LogP contribution is -2.33. The zero-order valence-corrected chi connectivity index (χ0v) is 16.4. The fraction of sp³-hybridized carbons (Fsp3) is 0.190. The maximum atomic E-state index is 14.4. The van der Waals surface area contributed by atoms with Crippen LogP contribution < -0.4 is 10.9 Å². The summed E-state index contributed by atoms with van der Waals surface area (Å²) in [5, 5.41) is 2.36. The first-order chi connectivity index (χ1) is 15.3. The average molecular weight is 473 g/mol. The molecule has 174 valence electrons. The monoisotopic (exact) mass is 473 g/mol. The van der Waals surface area contributed by atoms with E-state index < -0.39 is 47.8 Å². The molecule has 1 unspecified atom stereocenters. The lowest BCUT2D eigenvalue weighted by atomic mass is 10.0. The average Bonchev–Trinajstić information content (AvgIpc) is 2.72. The number of nitrogens with zero attached hydrogens (tertiary/aromatic N) is 2. The number of alkyl halides is 6. The number of carbonyl (C=O) groups excluding carboxylic acids is 1. The van der Waals surface area contributed by atoms with Crippen molar-refractivity contribution in [1.82, 2.24) is 14.9 Å². The van der Waals surface area contributed by atoms with Crippen molar-refractivity contribution in [3.05, 3.63) is 99.5 Å². The molecule has 1 amide bonds. The summed E-state index contributed by atoms with van der Waals surface area (Å²) in [6.45, 7) is -1.63. The van der Waals surface area contributed by atoms with Crippen LogP contribution in [0.5, 0.6) is 0 Å². The maximum absolute atomic E-state index is 14.4. The Balaban J connectivity index is 1.98. The van der Waals surface area contributed by atoms with Gasteiger partial charge in [0.2, 0.25) is 0 Å². The van der Waals surface area contributed by atoms with Gasteiger partial charge < -0.3 is 9.88 Å². The third-order valence-corrected chi connectivity index (χ3v) is 4.50. The third kappa shape index (κ3) is 5.96. The molecule has 3 aromatic rings. The normalized spacial score (nSPS) is 12.9. The number of halogens is 7. The minimum absolute atomic E-state index is 0.0394. The van der Waals surface area contributed by atoms with Gasteiger partial charge in [-0.1, -0.05) is 12.1 Å². The van der Waals surface area contributed by atoms with Gasteiger partial charge >= 0.3 is 12.4 Å². The zero-order valence-electron chi connectivity index (χ0n) is 16.4. The van der Waals surface area contributed by atoms with E-state index in [0.29, 0.717) is 6.20 Å². The van der Waals surface area contributed by atoms with Gasteiger partial charge in [0.25, 0.3) is 11.5 Å². The van der Waals surface area contributed by atoms with Gasteiger partial charge in [0, 0.05) is 18.5 Å². The van der Waals surface area contributed by atoms with Crippen molar-refractivity contribution < 1.29 is 35.5 Å². The van der Waals surface area contributed by atoms with Crippen LogP contribution in [0.3, 0.4) is 0 Å². The van der Waals surface area contributed by atoms with Crippen molar-refractivity contribution in [2.24, 2.45) is 0 Å². The van der Waals surface area contributed by atoms with E-state index in [0.717, 1.165) is 42.5 Å². The molecule has 2 heterocycles. The topological polar surface area (TPSA) is 64.0 Å². The second-order valence-corrected chi connectivity index (χ2v) is 6.90. The van der Waals surface area contributed by atoms with Crippen molar-refractivity contribution in [2.45, 2.75) is 24.9 Å². The highest BCUT2D eigenvalue weighted by molar-refractivity contribution is 5.94. The van der Waals surface area contributed by atoms with Gasteiger partial charge in [-0.2, -0.15) is 26.3 Å². The summed E-state index contributed by atoms with van der Waals surface area (Å²) in [6, 6.07) is 6.16. The molecule has 1 aromatic carbocycles. The van der Waals surface area contributed by atoms with Crippen LogP contribution >= 0.6 is 0 Å². The molecular weight excluding hydrogens is 459 g/mol. The molecule has 0 saturated heterocycles. The standard InChI is InChI=1S/C21H14F7N3O2/c22-15-2-1-9-29-18(15)17(12-3-6-14(7-4-12)21(26,27)28)30-19(33)13-5-8-16(32)31(10-13)11-20(23,24)25/h1-10,17H,11H2,(H,30,33). The Bertz CT molecular complexity index is 1200. The SMILES string of the molecule is O=C(NC(c1ccc(C(F)(F)F)cc1)c1ncccc1F)c1ccc(=O)n(CC(F)(F)F)c1. The van der Waals surface area contributed by atoms with E-state index >= 15 is 0 Å². The molecule has 33 heavy (non-hydrogen) atoms. The number of benzene rings is 1. The summed E-state index contributed by atoms with van der Waals surface area (Å²) in [6.07, 6.45) is -7.46. The molecule has 0 aliphatic rings. The number of hydrogen-bond acceptors (Lipinski definition) is 3. The first-order valence-electron chi connectivity index (χ1n) is 9.21. The van der Waals surface area contributed by atoms with Gasteiger partial charge in [-0.15, -0.1) is 0 Å². The van der Waals surface area contributed by atoms with Crippen molar-refractivity contribution in [3.63, 3.8) is 0 Å². The summed E-state index contributed by atoms with van der Waals surface area (Å²) >= 11 is 0. The molecule has 0 bridgehead atoms. The van der Waals surface area contributed by atoms with Crippen LogP contribution in [0.2, 0.25) is 0 Å². The Hall–Kier alpha value is -3.70. The van der Waals surface area contributed by atoms with Crippen LogP contribution in [0, 0.1) is 5.82 Å². The van der Waals surface area contributed by atoms with Crippen LogP contribution in [-0.4, -0.2) is 21.6 Å². The molecular formula is C21H14F7N3O2. The van der Waals surface area contributed by atoms with Gasteiger partial charge in [-0.25, -0.2) is 4.39 Å². The first-order valence-corrected chi connectivity index (χ1v) is 9.21. The van der Waals surface area contributed by atoms with E-state index in [1.807, 2.05) is 0 Å². The molecule has 0 aliphatic carbocycles. The second kappa shape index (κ2) is 9.04. The van der Waals surface area contributed by atoms with Crippen LogP contribution in [0.25, 0.3) is 0 Å². The molecule has 1 atom stereocenters. The second-order valence-electron chi connectivity index (χ2n) is 6.90. The highest BCUT2D eigenvalue weighted by Crippen LogP contribution is 2.31. The molecule has 0 aliphatic heterocycles. The highest BCUT2D eigenvalue weighted by atomic mass is 19.4. The van der Waals surface area contributed by atoms with E-state index in [2.05, 4.69) is 10.3 Å². The fourth-order valence-electron chi connectivity index (χ4n) is 2.98. The van der Waals surface area contributed by atoms with Crippen LogP contribution in [0.4, 0.5) is 30.7 Å². The Labute approximate surface area is 181 Å². The third-order valence-electron chi connectivity index (χ3n) is 4.50. The van der Waals surface area contributed by atoms with E-state index in [-0.39, 0.29) is 21.4 Å². The molecule has 5 nitrogen and oxygen atoms in total. The minimum atomic E-state index is -4.72. The van der Waals surface area contributed by atoms with Crippen LogP contribution in [0.1, 0.15) is 33.2 Å². The largest absolute Gasteiger partial charge is 0.416 e.